The lowest BCUT2D eigenvalue weighted by molar-refractivity contribution is -0.123. The number of para-hydroxylation sites is 5. The van der Waals surface area contributed by atoms with Crippen LogP contribution in [-0.4, -0.2) is 252 Å². The van der Waals surface area contributed by atoms with Crippen molar-refractivity contribution >= 4 is 97.2 Å². The monoisotopic (exact) mass is 2030 g/mol. The lowest BCUT2D eigenvalue weighted by Crippen LogP contribution is -2.57. The summed E-state index contributed by atoms with van der Waals surface area (Å²) in [4.78, 5) is 106. The van der Waals surface area contributed by atoms with E-state index in [0.717, 1.165) is 113 Å². The average molecular weight is 2030 g/mol. The molecule has 7 atom stereocenters. The van der Waals surface area contributed by atoms with Crippen molar-refractivity contribution in [3.05, 3.63) is 227 Å². The highest BCUT2D eigenvalue weighted by Crippen LogP contribution is 2.52. The predicted octanol–water partition coefficient (Wildman–Crippen LogP) is 17.7. The summed E-state index contributed by atoms with van der Waals surface area (Å²) in [5.41, 5.74) is -1.53. The normalized spacial score (nSPS) is 22.3. The van der Waals surface area contributed by atoms with Crippen molar-refractivity contribution in [2.24, 2.45) is 0 Å². The number of carbonyl (C=O) groups excluding carboxylic acids is 8. The molecular weight excluding hydrogens is 1890 g/mol. The van der Waals surface area contributed by atoms with Crippen molar-refractivity contribution in [1.82, 2.24) is 35.1 Å². The van der Waals surface area contributed by atoms with Crippen molar-refractivity contribution in [3.63, 3.8) is 0 Å². The molecule has 3 spiro atoms. The van der Waals surface area contributed by atoms with Gasteiger partial charge < -0.3 is 82.9 Å². The zero-order valence-corrected chi connectivity index (χ0v) is 87.0. The summed E-state index contributed by atoms with van der Waals surface area (Å²) in [7, 11) is -9.61. The minimum atomic E-state index is -5.30. The Hall–Kier alpha value is -11.8. The number of fused-ring (bicyclic) bond motifs is 9. The van der Waals surface area contributed by atoms with E-state index >= 15 is 0 Å². The van der Waals surface area contributed by atoms with Gasteiger partial charge in [-0.1, -0.05) is 97.1 Å². The number of aromatic hydroxyl groups is 1. The van der Waals surface area contributed by atoms with E-state index in [4.69, 9.17) is 47.8 Å². The van der Waals surface area contributed by atoms with Gasteiger partial charge in [0, 0.05) is 137 Å². The van der Waals surface area contributed by atoms with Gasteiger partial charge in [-0.05, 0) is 282 Å². The molecule has 780 valence electrons. The maximum absolute atomic E-state index is 12.7. The molecule has 8 fully saturated rings. The van der Waals surface area contributed by atoms with Crippen molar-refractivity contribution in [3.8, 4) is 23.0 Å². The van der Waals surface area contributed by atoms with Crippen LogP contribution in [0.1, 0.15) is 264 Å². The van der Waals surface area contributed by atoms with Gasteiger partial charge in [0.15, 0.2) is 17.3 Å². The molecule has 0 aromatic heterocycles. The number of halogens is 3. The van der Waals surface area contributed by atoms with Crippen molar-refractivity contribution < 1.29 is 116 Å². The summed E-state index contributed by atoms with van der Waals surface area (Å²) < 4.78 is 123. The number of phenolic OH excluding ortho intramolecular Hbond substituents is 1. The van der Waals surface area contributed by atoms with Crippen LogP contribution in [0.5, 0.6) is 23.0 Å². The second kappa shape index (κ2) is 48.0. The average Bonchev–Trinajstić information content (AvgIpc) is 1.51. The van der Waals surface area contributed by atoms with Crippen molar-refractivity contribution in [1.29, 1.82) is 0 Å². The van der Waals surface area contributed by atoms with E-state index < -0.39 is 60.8 Å². The number of amides is 5. The van der Waals surface area contributed by atoms with E-state index in [1.807, 2.05) is 171 Å². The Labute approximate surface area is 845 Å². The van der Waals surface area contributed by atoms with E-state index in [1.165, 1.54) is 68.8 Å². The number of hydrogen-bond acceptors (Lipinski definition) is 24. The fourth-order valence-corrected chi connectivity index (χ4v) is 21.0. The Morgan fingerprint density at radius 3 is 1.33 bits per heavy atom. The second-order valence-electron chi connectivity index (χ2n) is 40.7. The van der Waals surface area contributed by atoms with Crippen LogP contribution in [0.4, 0.5) is 33.2 Å². The van der Waals surface area contributed by atoms with Crippen LogP contribution < -0.4 is 34.6 Å². The molecular formula is C108H140BF3N8O22S2. The first-order valence-electron chi connectivity index (χ1n) is 49.6. The highest BCUT2D eigenvalue weighted by Gasteiger charge is 2.57. The van der Waals surface area contributed by atoms with Crippen molar-refractivity contribution in [2.75, 3.05) is 70.0 Å². The smallest absolute Gasteiger partial charge is 0.507 e. The lowest BCUT2D eigenvalue weighted by Gasteiger charge is -2.47. The Morgan fingerprint density at radius 1 is 0.500 bits per heavy atom. The Kier molecular flexibility index (Phi) is 37.5. The number of sulfonamides is 1. The molecule has 144 heavy (non-hydrogen) atoms. The molecule has 5 amide bonds. The van der Waals surface area contributed by atoms with Gasteiger partial charge in [-0.3, -0.25) is 28.3 Å². The number of nitrogens with one attached hydrogen (secondary N) is 2. The fraction of sp³-hybridized carbons (Fsp3) is 0.500. The van der Waals surface area contributed by atoms with Crippen molar-refractivity contribution in [2.45, 2.75) is 281 Å². The third-order valence-corrected chi connectivity index (χ3v) is 28.4. The molecule has 11 aliphatic rings. The first-order valence-corrected chi connectivity index (χ1v) is 52.8. The Morgan fingerprint density at radius 2 is 0.910 bits per heavy atom. The van der Waals surface area contributed by atoms with E-state index in [2.05, 4.69) is 41.0 Å². The summed E-state index contributed by atoms with van der Waals surface area (Å²) in [5.74, 6) is 2.93. The standard InChI is InChI=1S/C24H28N2O2.C21H27NO6S.C20H25NO4.C12H19NO3.C11H16BNO3.C8H8F3NO2S.C8H8O2.C4H9N/c1-3-26(4-2)23(27)19-12-10-18(11-13-19)21-16-24(14-7-15-25-17-24)28-22-9-6-5-8-20(21)22;1-20(2,3)27-19(23)22-14-9-10-15(22)12-21(11-14)13-18(28-29(4,24)25)16-7-5-6-8-17(16)26-21;1-19(2,3)25-18(23)21-13-8-9-14(21)11-20(10-13)12-16(22)15-6-4-5-7-17(15)24-20;1-12(2,3)16-11(15)13-8-4-5-9(13)7-10(14)6-8;1-3-13(4-2)11(14)9-5-7-10(8-6-9)12(15)16;1-12(7-5-3-2-4-6-7)15(13,14)8(9,10)11;1-6(9)7-4-2-3-5-8(7)10;1-2-4-5-3-1/h5-6,8-13,16,25H,3-4,7,14-15,17H2,1-2H3;5-8,13-15H,9-12H2,1-4H3;4-7,13-14H,8-12H2,1-3H3;8-9H,4-7H2,1-3H3;5-8,15-16H,3-4H2,1-2H3;2-6H,1H3;2-5,10H,1H3;5H,1-4H2. The molecule has 8 saturated heterocycles. The number of nitrogens with zero attached hydrogens (tertiary/aromatic N) is 6. The summed E-state index contributed by atoms with van der Waals surface area (Å²) >= 11 is 0. The van der Waals surface area contributed by atoms with Crippen LogP contribution in [0.3, 0.4) is 0 Å². The summed E-state index contributed by atoms with van der Waals surface area (Å²) in [6, 6.07) is 51.1. The van der Waals surface area contributed by atoms with Gasteiger partial charge >= 0.3 is 51.0 Å². The molecule has 6 bridgehead atoms. The molecule has 5 N–H and O–H groups in total. The fourth-order valence-electron chi connectivity index (χ4n) is 19.8. The van der Waals surface area contributed by atoms with Crippen LogP contribution in [0.2, 0.25) is 0 Å². The van der Waals surface area contributed by atoms with E-state index in [-0.39, 0.29) is 105 Å². The molecule has 7 aromatic carbocycles. The van der Waals surface area contributed by atoms with Crippen LogP contribution in [0.15, 0.2) is 188 Å². The van der Waals surface area contributed by atoms with Crippen LogP contribution >= 0.6 is 0 Å². The lowest BCUT2D eigenvalue weighted by atomic mass is 9.79. The molecule has 7 aromatic rings. The quantitative estimate of drug-likeness (QED) is 0.0310. The Bertz CT molecular complexity index is 5880. The van der Waals surface area contributed by atoms with E-state index in [0.29, 0.717) is 103 Å². The number of ketones is 3. The third-order valence-electron chi connectivity index (χ3n) is 26.4. The van der Waals surface area contributed by atoms with Gasteiger partial charge in [0.05, 0.1) is 35.1 Å². The summed E-state index contributed by atoms with van der Waals surface area (Å²) in [5, 5.41) is 33.6. The number of ether oxygens (including phenoxy) is 6. The van der Waals surface area contributed by atoms with Crippen LogP contribution in [-0.2, 0) is 43.3 Å². The number of carbonyl (C=O) groups is 8. The number of rotatable bonds is 13. The number of anilines is 1. The van der Waals surface area contributed by atoms with Gasteiger partial charge in [-0.2, -0.15) is 30.0 Å². The van der Waals surface area contributed by atoms with Gasteiger partial charge in [0.1, 0.15) is 62.4 Å². The third kappa shape index (κ3) is 29.5. The van der Waals surface area contributed by atoms with Gasteiger partial charge in [-0.15, -0.1) is 0 Å². The summed E-state index contributed by atoms with van der Waals surface area (Å²) in [6.07, 6.45) is 18.7. The second-order valence-corrected chi connectivity index (χ2v) is 44.3. The first-order chi connectivity index (χ1) is 67.8. The molecule has 11 aliphatic heterocycles. The SMILES string of the molecule is C1CCNC1.CC(=O)c1ccccc1O.CC(C)(C)OC(=O)N1C2CCC1CC(=O)C2.CC(C)(C)OC(=O)N1C2CCC1CC1(C=C(OS(C)(=O)=O)c3ccccc3O1)C2.CC(C)(C)OC(=O)N1C2CCC1CC1(CC(=O)c3ccccc3O1)C2.CCN(CC)C(=O)c1ccc(B(O)O)cc1.CCN(CC)C(=O)c1ccc(C2=CC3(CCCNC3)Oc3ccccc32)cc1.CN(c1ccccc1)S(=O)(=O)C(F)(F)F. The number of hydrogen-bond donors (Lipinski definition) is 5. The molecule has 7 unspecified atom stereocenters. The number of phenols is 1. The van der Waals surface area contributed by atoms with Crippen LogP contribution in [0, 0.1) is 0 Å². The molecule has 0 aliphatic carbocycles. The maximum atomic E-state index is 12.7. The molecule has 0 radical (unpaired) electrons. The number of Topliss-reactive ketones (excluding diaryl/α,β-unsaturated/α-hetero) is 3. The molecule has 11 heterocycles. The van der Waals surface area contributed by atoms with Crippen LogP contribution in [0.25, 0.3) is 11.3 Å². The summed E-state index contributed by atoms with van der Waals surface area (Å²) in [6.45, 7) is 33.3. The number of benzene rings is 7. The largest absolute Gasteiger partial charge is 0.516 e. The molecule has 18 rings (SSSR count). The highest BCUT2D eigenvalue weighted by atomic mass is 32.2. The topological polar surface area (TPSA) is 374 Å². The zero-order valence-electron chi connectivity index (χ0n) is 85.3. The molecule has 0 saturated carbocycles. The minimum Gasteiger partial charge on any atom is -0.507 e. The maximum Gasteiger partial charge on any atom is 0.516 e. The number of alkyl halides is 3. The first kappa shape index (κ1) is 113. The van der Waals surface area contributed by atoms with Gasteiger partial charge in [0.2, 0.25) is 0 Å². The van der Waals surface area contributed by atoms with E-state index in [9.17, 15) is 68.4 Å². The molecule has 36 heteroatoms. The Balaban J connectivity index is 0.000000162. The minimum absolute atomic E-state index is 0.0235. The number of piperidine rings is 4. The molecule has 30 nitrogen and oxygen atoms in total. The van der Waals surface area contributed by atoms with E-state index in [1.54, 1.807) is 70.5 Å². The van der Waals surface area contributed by atoms with Gasteiger partial charge in [-0.25, -0.2) is 14.4 Å². The predicted molar refractivity (Wildman–Crippen MR) is 546 cm³/mol. The van der Waals surface area contributed by atoms with Gasteiger partial charge in [0.25, 0.3) is 11.8 Å². The highest BCUT2D eigenvalue weighted by molar-refractivity contribution is 7.93. The zero-order chi connectivity index (χ0) is 105.